The van der Waals surface area contributed by atoms with Gasteiger partial charge in [0.25, 0.3) is 0 Å². The summed E-state index contributed by atoms with van der Waals surface area (Å²) >= 11 is 0. The summed E-state index contributed by atoms with van der Waals surface area (Å²) < 4.78 is 5.84. The largest absolute Gasteiger partial charge is 0.465 e. The molecule has 0 N–H and O–H groups in total. The molecule has 1 aromatic heterocycles. The number of rotatable bonds is 5. The minimum absolute atomic E-state index is 0.724. The predicted molar refractivity (Wildman–Crippen MR) is 79.4 cm³/mol. The Balaban J connectivity index is 1.95. The van der Waals surface area contributed by atoms with Crippen LogP contribution >= 0.6 is 0 Å². The first-order valence-electron chi connectivity index (χ1n) is 7.51. The Morgan fingerprint density at radius 1 is 1.32 bits per heavy atom. The molecule has 2 heterocycles. The third-order valence-electron chi connectivity index (χ3n) is 4.23. The van der Waals surface area contributed by atoms with Crippen LogP contribution in [-0.4, -0.2) is 43.0 Å². The average molecular weight is 264 g/mol. The minimum Gasteiger partial charge on any atom is -0.465 e. The number of likely N-dealkylation sites (tertiary alicyclic amines) is 1. The first-order valence-corrected chi connectivity index (χ1v) is 7.51. The fraction of sp³-hybridized carbons (Fsp3) is 0.750. The monoisotopic (exact) mass is 264 g/mol. The summed E-state index contributed by atoms with van der Waals surface area (Å²) in [6.45, 7) is 7.56. The van der Waals surface area contributed by atoms with Crippen molar-refractivity contribution in [2.24, 2.45) is 0 Å². The van der Waals surface area contributed by atoms with E-state index in [9.17, 15) is 0 Å². The van der Waals surface area contributed by atoms with E-state index < -0.39 is 0 Å². The van der Waals surface area contributed by atoms with E-state index in [1.54, 1.807) is 0 Å². The van der Waals surface area contributed by atoms with Crippen molar-refractivity contribution in [1.29, 1.82) is 0 Å². The lowest BCUT2D eigenvalue weighted by Gasteiger charge is -2.35. The van der Waals surface area contributed by atoms with Gasteiger partial charge in [-0.2, -0.15) is 0 Å². The quantitative estimate of drug-likeness (QED) is 0.814. The number of nitrogens with zero attached hydrogens (tertiary/aromatic N) is 2. The molecule has 0 aromatic carbocycles. The molecule has 1 saturated heterocycles. The summed E-state index contributed by atoms with van der Waals surface area (Å²) in [5.74, 6) is 2.20. The number of furan rings is 1. The van der Waals surface area contributed by atoms with E-state index >= 15 is 0 Å². The molecule has 3 nitrogen and oxygen atoms in total. The summed E-state index contributed by atoms with van der Waals surface area (Å²) in [5, 5.41) is 0. The van der Waals surface area contributed by atoms with E-state index in [2.05, 4.69) is 43.8 Å². The Labute approximate surface area is 117 Å². The van der Waals surface area contributed by atoms with Crippen molar-refractivity contribution in [2.75, 3.05) is 27.2 Å². The Kier molecular flexibility index (Phi) is 5.06. The Hall–Kier alpha value is -0.800. The van der Waals surface area contributed by atoms with Crippen molar-refractivity contribution in [1.82, 2.24) is 9.80 Å². The molecule has 1 fully saturated rings. The summed E-state index contributed by atoms with van der Waals surface area (Å²) in [6.07, 6.45) is 5.32. The van der Waals surface area contributed by atoms with Crippen molar-refractivity contribution in [3.8, 4) is 0 Å². The van der Waals surface area contributed by atoms with Crippen molar-refractivity contribution in [2.45, 2.75) is 52.1 Å². The van der Waals surface area contributed by atoms with Crippen LogP contribution in [0.15, 0.2) is 10.5 Å². The zero-order valence-electron chi connectivity index (χ0n) is 12.9. The van der Waals surface area contributed by atoms with Crippen LogP contribution < -0.4 is 0 Å². The van der Waals surface area contributed by atoms with Crippen molar-refractivity contribution < 1.29 is 4.42 Å². The Bertz CT molecular complexity index is 378. The fourth-order valence-electron chi connectivity index (χ4n) is 2.93. The summed E-state index contributed by atoms with van der Waals surface area (Å²) in [4.78, 5) is 4.90. The van der Waals surface area contributed by atoms with E-state index in [1.807, 2.05) is 0 Å². The van der Waals surface area contributed by atoms with Crippen LogP contribution in [-0.2, 0) is 6.54 Å². The molecule has 0 aliphatic carbocycles. The van der Waals surface area contributed by atoms with Gasteiger partial charge in [0.05, 0.1) is 6.54 Å². The second-order valence-corrected chi connectivity index (χ2v) is 6.16. The number of hydrogen-bond donors (Lipinski definition) is 0. The molecule has 2 rings (SSSR count). The molecule has 19 heavy (non-hydrogen) atoms. The Morgan fingerprint density at radius 3 is 2.74 bits per heavy atom. The average Bonchev–Trinajstić information content (AvgIpc) is 2.67. The molecule has 0 radical (unpaired) electrons. The highest BCUT2D eigenvalue weighted by atomic mass is 16.3. The van der Waals surface area contributed by atoms with Crippen LogP contribution in [0, 0.1) is 13.8 Å². The molecule has 1 aliphatic heterocycles. The maximum absolute atomic E-state index is 5.84. The SMILES string of the molecule is Cc1cc(CN2CCCCC2CCN(C)C)oc1C. The van der Waals surface area contributed by atoms with Crippen LogP contribution in [0.4, 0.5) is 0 Å². The highest BCUT2D eigenvalue weighted by Crippen LogP contribution is 2.23. The smallest absolute Gasteiger partial charge is 0.118 e. The highest BCUT2D eigenvalue weighted by Gasteiger charge is 2.23. The topological polar surface area (TPSA) is 19.6 Å². The van der Waals surface area contributed by atoms with E-state index in [0.717, 1.165) is 24.1 Å². The molecule has 0 amide bonds. The molecule has 1 atom stereocenters. The molecule has 1 aromatic rings. The van der Waals surface area contributed by atoms with Gasteiger partial charge in [0, 0.05) is 6.04 Å². The molecule has 0 spiro atoms. The second kappa shape index (κ2) is 6.58. The molecule has 3 heteroatoms. The predicted octanol–water partition coefficient (Wildman–Crippen LogP) is 3.20. The van der Waals surface area contributed by atoms with Crippen LogP contribution in [0.25, 0.3) is 0 Å². The molecular formula is C16H28N2O. The zero-order chi connectivity index (χ0) is 13.8. The highest BCUT2D eigenvalue weighted by molar-refractivity contribution is 5.18. The van der Waals surface area contributed by atoms with Crippen molar-refractivity contribution in [3.05, 3.63) is 23.2 Å². The van der Waals surface area contributed by atoms with E-state index in [0.29, 0.717) is 0 Å². The van der Waals surface area contributed by atoms with Crippen molar-refractivity contribution >= 4 is 0 Å². The number of hydrogen-bond acceptors (Lipinski definition) is 3. The molecule has 108 valence electrons. The van der Waals surface area contributed by atoms with Gasteiger partial charge in [-0.05, 0) is 71.9 Å². The number of piperidine rings is 1. The first kappa shape index (κ1) is 14.6. The van der Waals surface area contributed by atoms with E-state index in [-0.39, 0.29) is 0 Å². The molecule has 0 bridgehead atoms. The lowest BCUT2D eigenvalue weighted by Crippen LogP contribution is -2.40. The standard InChI is InChI=1S/C16H28N2O/c1-13-11-16(19-14(13)2)12-18-9-6-5-7-15(18)8-10-17(3)4/h11,15H,5-10,12H2,1-4H3. The zero-order valence-corrected chi connectivity index (χ0v) is 12.9. The maximum atomic E-state index is 5.84. The Morgan fingerprint density at radius 2 is 2.11 bits per heavy atom. The van der Waals surface area contributed by atoms with Gasteiger partial charge < -0.3 is 9.32 Å². The van der Waals surface area contributed by atoms with Gasteiger partial charge in [-0.25, -0.2) is 0 Å². The second-order valence-electron chi connectivity index (χ2n) is 6.16. The minimum atomic E-state index is 0.724. The number of aryl methyl sites for hydroxylation is 2. The normalized spacial score (nSPS) is 21.2. The van der Waals surface area contributed by atoms with Crippen LogP contribution in [0.1, 0.15) is 42.8 Å². The summed E-state index contributed by atoms with van der Waals surface area (Å²) in [7, 11) is 4.32. The van der Waals surface area contributed by atoms with Crippen molar-refractivity contribution in [3.63, 3.8) is 0 Å². The van der Waals surface area contributed by atoms with E-state index in [1.165, 1.54) is 44.3 Å². The fourth-order valence-corrected chi connectivity index (χ4v) is 2.93. The van der Waals surface area contributed by atoms with Gasteiger partial charge in [-0.15, -0.1) is 0 Å². The van der Waals surface area contributed by atoms with Crippen LogP contribution in [0.5, 0.6) is 0 Å². The molecular weight excluding hydrogens is 236 g/mol. The third kappa shape index (κ3) is 4.08. The summed E-state index contributed by atoms with van der Waals surface area (Å²) in [5.41, 5.74) is 1.27. The lowest BCUT2D eigenvalue weighted by molar-refractivity contribution is 0.115. The van der Waals surface area contributed by atoms with Gasteiger partial charge in [-0.3, -0.25) is 4.90 Å². The van der Waals surface area contributed by atoms with Gasteiger partial charge in [0.2, 0.25) is 0 Å². The van der Waals surface area contributed by atoms with Gasteiger partial charge in [0.15, 0.2) is 0 Å². The van der Waals surface area contributed by atoms with E-state index in [4.69, 9.17) is 4.42 Å². The summed E-state index contributed by atoms with van der Waals surface area (Å²) in [6, 6.07) is 2.93. The molecule has 1 aliphatic rings. The van der Waals surface area contributed by atoms with Crippen LogP contribution in [0.3, 0.4) is 0 Å². The van der Waals surface area contributed by atoms with Gasteiger partial charge in [0.1, 0.15) is 11.5 Å². The van der Waals surface area contributed by atoms with Gasteiger partial charge >= 0.3 is 0 Å². The molecule has 1 unspecified atom stereocenters. The van der Waals surface area contributed by atoms with Crippen LogP contribution in [0.2, 0.25) is 0 Å². The first-order chi connectivity index (χ1) is 9.06. The lowest BCUT2D eigenvalue weighted by atomic mass is 9.99. The maximum Gasteiger partial charge on any atom is 0.118 e. The van der Waals surface area contributed by atoms with Gasteiger partial charge in [-0.1, -0.05) is 6.42 Å². The molecule has 0 saturated carbocycles. The third-order valence-corrected chi connectivity index (χ3v) is 4.23.